The minimum absolute atomic E-state index is 0.0712. The van der Waals surface area contributed by atoms with Crippen LogP contribution in [-0.2, 0) is 16.1 Å². The van der Waals surface area contributed by atoms with Crippen LogP contribution >= 0.6 is 0 Å². The van der Waals surface area contributed by atoms with Crippen LogP contribution in [0.25, 0.3) is 0 Å². The second-order valence-corrected chi connectivity index (χ2v) is 10.7. The molecular weight excluding hydrogens is 428 g/mol. The van der Waals surface area contributed by atoms with Gasteiger partial charge in [-0.2, -0.15) is 0 Å². The third-order valence-corrected chi connectivity index (χ3v) is 8.55. The zero-order valence-corrected chi connectivity index (χ0v) is 20.5. The fourth-order valence-corrected chi connectivity index (χ4v) is 6.44. The van der Waals surface area contributed by atoms with Crippen LogP contribution < -0.4 is 4.90 Å². The molecule has 0 bridgehead atoms. The number of para-hydroxylation sites is 1. The summed E-state index contributed by atoms with van der Waals surface area (Å²) >= 11 is 0. The monoisotopic (exact) mass is 466 g/mol. The van der Waals surface area contributed by atoms with Crippen molar-refractivity contribution in [2.45, 2.75) is 57.9 Å². The average molecular weight is 467 g/mol. The molecule has 1 saturated heterocycles. The van der Waals surface area contributed by atoms with Crippen LogP contribution in [0.2, 0.25) is 0 Å². The summed E-state index contributed by atoms with van der Waals surface area (Å²) in [4.78, 5) is 46.4. The van der Waals surface area contributed by atoms with E-state index in [0.717, 1.165) is 50.8 Å². The molecule has 0 N–H and O–H groups in total. The van der Waals surface area contributed by atoms with Crippen LogP contribution in [0.5, 0.6) is 0 Å². The van der Waals surface area contributed by atoms with Crippen molar-refractivity contribution in [2.75, 3.05) is 44.7 Å². The van der Waals surface area contributed by atoms with Gasteiger partial charge in [0.25, 0.3) is 0 Å². The van der Waals surface area contributed by atoms with E-state index >= 15 is 0 Å². The Morgan fingerprint density at radius 1 is 0.824 bits per heavy atom. The first kappa shape index (κ1) is 23.2. The molecule has 7 heteroatoms. The number of hydrogen-bond donors (Lipinski definition) is 0. The molecule has 0 atom stereocenters. The predicted molar refractivity (Wildman–Crippen MR) is 131 cm³/mol. The van der Waals surface area contributed by atoms with Crippen molar-refractivity contribution in [3.8, 4) is 0 Å². The molecule has 0 radical (unpaired) electrons. The van der Waals surface area contributed by atoms with Gasteiger partial charge in [-0.3, -0.25) is 14.5 Å². The first-order valence-corrected chi connectivity index (χ1v) is 13.2. The number of nitrogens with zero attached hydrogens (tertiary/aromatic N) is 4. The van der Waals surface area contributed by atoms with Gasteiger partial charge in [0.05, 0.1) is 5.69 Å². The van der Waals surface area contributed by atoms with Gasteiger partial charge in [0.2, 0.25) is 11.8 Å². The number of piperazine rings is 1. The molecule has 4 aliphatic rings. The van der Waals surface area contributed by atoms with Gasteiger partial charge >= 0.3 is 6.03 Å². The number of benzene rings is 1. The molecule has 0 unspecified atom stereocenters. The van der Waals surface area contributed by atoms with Crippen molar-refractivity contribution in [1.29, 1.82) is 0 Å². The van der Waals surface area contributed by atoms with E-state index in [0.29, 0.717) is 44.5 Å². The fourth-order valence-electron chi connectivity index (χ4n) is 6.44. The second kappa shape index (κ2) is 9.96. The number of fused-ring (bicyclic) bond motifs is 1. The van der Waals surface area contributed by atoms with Crippen LogP contribution in [0.15, 0.2) is 24.3 Å². The van der Waals surface area contributed by atoms with Gasteiger partial charge in [0.1, 0.15) is 0 Å². The maximum atomic E-state index is 13.2. The Labute approximate surface area is 203 Å². The van der Waals surface area contributed by atoms with E-state index in [9.17, 15) is 14.4 Å². The Hall–Kier alpha value is -2.57. The van der Waals surface area contributed by atoms with Crippen molar-refractivity contribution < 1.29 is 14.4 Å². The lowest BCUT2D eigenvalue weighted by molar-refractivity contribution is -0.144. The highest BCUT2D eigenvalue weighted by Gasteiger charge is 2.35. The minimum atomic E-state index is 0.0712. The van der Waals surface area contributed by atoms with Crippen molar-refractivity contribution in [3.63, 3.8) is 0 Å². The zero-order chi connectivity index (χ0) is 23.7. The molecule has 184 valence electrons. The molecule has 0 aromatic heterocycles. The normalized spacial score (nSPS) is 26.1. The molecule has 34 heavy (non-hydrogen) atoms. The number of anilines is 1. The summed E-state index contributed by atoms with van der Waals surface area (Å²) < 4.78 is 0. The summed E-state index contributed by atoms with van der Waals surface area (Å²) in [6.45, 7) is 4.14. The highest BCUT2D eigenvalue weighted by Crippen LogP contribution is 2.34. The lowest BCUT2D eigenvalue weighted by atomic mass is 9.81. The molecule has 3 fully saturated rings. The van der Waals surface area contributed by atoms with Gasteiger partial charge in [-0.15, -0.1) is 0 Å². The van der Waals surface area contributed by atoms with Crippen LogP contribution in [0.4, 0.5) is 10.5 Å². The fraction of sp³-hybridized carbons (Fsp3) is 0.667. The van der Waals surface area contributed by atoms with E-state index in [1.807, 2.05) is 39.9 Å². The van der Waals surface area contributed by atoms with Gasteiger partial charge in [-0.05, 0) is 56.1 Å². The Balaban J connectivity index is 1.08. The Bertz CT molecular complexity index is 912. The molecule has 2 aliphatic carbocycles. The second-order valence-electron chi connectivity index (χ2n) is 10.7. The van der Waals surface area contributed by atoms with Crippen LogP contribution in [0.3, 0.4) is 0 Å². The minimum Gasteiger partial charge on any atom is -0.339 e. The van der Waals surface area contributed by atoms with Gasteiger partial charge < -0.3 is 14.7 Å². The Kier molecular flexibility index (Phi) is 6.79. The standard InChI is InChI=1S/C27H38N4O3/c1-28-24-9-5-4-8-23(24)19-31(27(28)34)18-20-10-12-22(13-11-20)26(33)30-16-14-29(15-17-30)25(32)21-6-2-3-7-21/h4-5,8-9,20-22H,2-3,6-7,10-19H2,1H3. The largest absolute Gasteiger partial charge is 0.339 e. The molecule has 2 aliphatic heterocycles. The first-order valence-electron chi connectivity index (χ1n) is 13.2. The quantitative estimate of drug-likeness (QED) is 0.679. The summed E-state index contributed by atoms with van der Waals surface area (Å²) in [6.07, 6.45) is 8.21. The first-order chi connectivity index (χ1) is 16.5. The summed E-state index contributed by atoms with van der Waals surface area (Å²) in [5, 5.41) is 0. The smallest absolute Gasteiger partial charge is 0.324 e. The summed E-state index contributed by atoms with van der Waals surface area (Å²) in [5.41, 5.74) is 2.20. The number of hydrogen-bond acceptors (Lipinski definition) is 3. The molecule has 5 rings (SSSR count). The van der Waals surface area contributed by atoms with Crippen LogP contribution in [0, 0.1) is 17.8 Å². The van der Waals surface area contributed by atoms with Crippen LogP contribution in [-0.4, -0.2) is 72.3 Å². The molecule has 2 heterocycles. The third-order valence-electron chi connectivity index (χ3n) is 8.55. The number of urea groups is 1. The van der Waals surface area contributed by atoms with Crippen molar-refractivity contribution in [1.82, 2.24) is 14.7 Å². The maximum absolute atomic E-state index is 13.2. The number of rotatable bonds is 4. The van der Waals surface area contributed by atoms with Gasteiger partial charge in [-0.25, -0.2) is 4.79 Å². The van der Waals surface area contributed by atoms with E-state index in [1.54, 1.807) is 4.90 Å². The van der Waals surface area contributed by atoms with Gasteiger partial charge in [0.15, 0.2) is 0 Å². The summed E-state index contributed by atoms with van der Waals surface area (Å²) in [7, 11) is 1.85. The molecular formula is C27H38N4O3. The third kappa shape index (κ3) is 4.66. The van der Waals surface area contributed by atoms with Crippen LogP contribution in [0.1, 0.15) is 56.9 Å². The molecule has 2 saturated carbocycles. The van der Waals surface area contributed by atoms with Gasteiger partial charge in [-0.1, -0.05) is 31.0 Å². The molecule has 1 aromatic rings. The lowest BCUT2D eigenvalue weighted by Crippen LogP contribution is -2.53. The van der Waals surface area contributed by atoms with Crippen molar-refractivity contribution in [3.05, 3.63) is 29.8 Å². The van der Waals surface area contributed by atoms with Crippen molar-refractivity contribution in [2.24, 2.45) is 17.8 Å². The zero-order valence-electron chi connectivity index (χ0n) is 20.5. The lowest BCUT2D eigenvalue weighted by Gasteiger charge is -2.40. The average Bonchev–Trinajstić information content (AvgIpc) is 3.42. The molecule has 0 spiro atoms. The molecule has 4 amide bonds. The topological polar surface area (TPSA) is 64.2 Å². The number of carbonyl (C=O) groups is 3. The van der Waals surface area contributed by atoms with E-state index in [4.69, 9.17) is 0 Å². The van der Waals surface area contributed by atoms with Gasteiger partial charge in [0, 0.05) is 58.2 Å². The van der Waals surface area contributed by atoms with Crippen molar-refractivity contribution >= 4 is 23.5 Å². The molecule has 7 nitrogen and oxygen atoms in total. The SMILES string of the molecule is CN1C(=O)N(CC2CCC(C(=O)N3CCN(C(=O)C4CCCC4)CC3)CC2)Cc2ccccc21. The number of carbonyl (C=O) groups excluding carboxylic acids is 3. The van der Waals surface area contributed by atoms with E-state index in [1.165, 1.54) is 18.4 Å². The Morgan fingerprint density at radius 2 is 1.38 bits per heavy atom. The predicted octanol–water partition coefficient (Wildman–Crippen LogP) is 3.73. The van der Waals surface area contributed by atoms with E-state index in [-0.39, 0.29) is 23.8 Å². The van der Waals surface area contributed by atoms with E-state index in [2.05, 4.69) is 6.07 Å². The summed E-state index contributed by atoms with van der Waals surface area (Å²) in [6, 6.07) is 8.18. The summed E-state index contributed by atoms with van der Waals surface area (Å²) in [5.74, 6) is 1.35. The Morgan fingerprint density at radius 3 is 2.00 bits per heavy atom. The highest BCUT2D eigenvalue weighted by atomic mass is 16.2. The number of amides is 4. The maximum Gasteiger partial charge on any atom is 0.324 e. The highest BCUT2D eigenvalue weighted by molar-refractivity contribution is 5.94. The molecule has 1 aromatic carbocycles. The van der Waals surface area contributed by atoms with E-state index < -0.39 is 0 Å².